The van der Waals surface area contributed by atoms with E-state index >= 15 is 0 Å². The van der Waals surface area contributed by atoms with Gasteiger partial charge >= 0.3 is 6.18 Å². The van der Waals surface area contributed by atoms with Gasteiger partial charge in [-0.1, -0.05) is 0 Å². The first-order valence-electron chi connectivity index (χ1n) is 11.0. The zero-order chi connectivity index (χ0) is 23.8. The van der Waals surface area contributed by atoms with Gasteiger partial charge in [-0.15, -0.1) is 11.3 Å². The number of hydrogen-bond acceptors (Lipinski definition) is 5. The maximum atomic E-state index is 13.5. The number of hydrogen-bond donors (Lipinski definition) is 0. The summed E-state index contributed by atoms with van der Waals surface area (Å²) in [6, 6.07) is 9.31. The van der Waals surface area contributed by atoms with Gasteiger partial charge in [-0.3, -0.25) is 4.79 Å². The maximum Gasteiger partial charge on any atom is 0.417 e. The molecule has 1 amide bonds. The first-order valence-corrected chi connectivity index (χ1v) is 11.8. The number of carbonyl (C=O) groups excluding carboxylic acids is 1. The molecule has 0 saturated carbocycles. The van der Waals surface area contributed by atoms with Crippen LogP contribution < -0.4 is 4.90 Å². The normalized spacial score (nSPS) is 22.8. The van der Waals surface area contributed by atoms with Crippen LogP contribution in [0.15, 0.2) is 30.3 Å². The van der Waals surface area contributed by atoms with Crippen LogP contribution >= 0.6 is 11.3 Å². The van der Waals surface area contributed by atoms with Crippen LogP contribution in [0.3, 0.4) is 0 Å². The second-order valence-electron chi connectivity index (χ2n) is 8.83. The van der Waals surface area contributed by atoms with Gasteiger partial charge in [0.05, 0.1) is 28.7 Å². The molecule has 2 aliphatic heterocycles. The molecule has 2 aliphatic rings. The number of anilines is 1. The van der Waals surface area contributed by atoms with Crippen LogP contribution in [-0.4, -0.2) is 50.2 Å². The standard InChI is InChI=1S/C24H26F3N3O2S/c1-3-32-15-23-8-9-29(19-6-5-17(11-28)20(10-19)24(25,26)27)12-18(23)13-30(14-23)22(31)21-7-4-16(2)33-21/h4-7,10,18H,3,8-9,12-15H2,1-2H3/t18-,23+/m1/s1. The molecule has 2 fully saturated rings. The van der Waals surface area contributed by atoms with Gasteiger partial charge in [-0.2, -0.15) is 18.4 Å². The maximum absolute atomic E-state index is 13.5. The molecule has 2 atom stereocenters. The number of benzene rings is 1. The molecule has 2 aromatic rings. The highest BCUT2D eigenvalue weighted by Crippen LogP contribution is 2.45. The van der Waals surface area contributed by atoms with Crippen molar-refractivity contribution in [3.05, 3.63) is 51.2 Å². The van der Waals surface area contributed by atoms with Gasteiger partial charge in [0, 0.05) is 54.7 Å². The van der Waals surface area contributed by atoms with Gasteiger partial charge in [0.25, 0.3) is 5.91 Å². The van der Waals surface area contributed by atoms with Gasteiger partial charge in [-0.25, -0.2) is 0 Å². The van der Waals surface area contributed by atoms with Crippen LogP contribution in [0, 0.1) is 29.6 Å². The molecule has 0 radical (unpaired) electrons. The van der Waals surface area contributed by atoms with Crippen LogP contribution in [0.2, 0.25) is 0 Å². The lowest BCUT2D eigenvalue weighted by Crippen LogP contribution is -2.49. The number of carbonyl (C=O) groups is 1. The molecular weight excluding hydrogens is 451 g/mol. The number of likely N-dealkylation sites (tertiary alicyclic amines) is 1. The van der Waals surface area contributed by atoms with Crippen LogP contribution in [0.5, 0.6) is 0 Å². The van der Waals surface area contributed by atoms with Crippen molar-refractivity contribution in [1.82, 2.24) is 4.90 Å². The predicted molar refractivity (Wildman–Crippen MR) is 120 cm³/mol. The van der Waals surface area contributed by atoms with Gasteiger partial charge < -0.3 is 14.5 Å². The van der Waals surface area contributed by atoms with E-state index < -0.39 is 11.7 Å². The fourth-order valence-corrected chi connectivity index (χ4v) is 5.81. The Hall–Kier alpha value is -2.57. The molecule has 2 saturated heterocycles. The number of alkyl halides is 3. The van der Waals surface area contributed by atoms with Crippen molar-refractivity contribution in [2.75, 3.05) is 44.3 Å². The summed E-state index contributed by atoms with van der Waals surface area (Å²) in [4.78, 5) is 18.7. The molecule has 1 aromatic carbocycles. The monoisotopic (exact) mass is 477 g/mol. The number of rotatable bonds is 5. The topological polar surface area (TPSA) is 56.6 Å². The average molecular weight is 478 g/mol. The van der Waals surface area contributed by atoms with E-state index in [0.29, 0.717) is 56.4 Å². The molecule has 5 nitrogen and oxygen atoms in total. The lowest BCUT2D eigenvalue weighted by Gasteiger charge is -2.44. The molecule has 0 bridgehead atoms. The highest BCUT2D eigenvalue weighted by molar-refractivity contribution is 7.13. The van der Waals surface area contributed by atoms with E-state index in [0.717, 1.165) is 10.9 Å². The Morgan fingerprint density at radius 1 is 1.30 bits per heavy atom. The van der Waals surface area contributed by atoms with Crippen LogP contribution in [0.4, 0.5) is 18.9 Å². The minimum atomic E-state index is -4.59. The molecule has 4 rings (SSSR count). The lowest BCUT2D eigenvalue weighted by molar-refractivity contribution is -0.137. The molecule has 0 spiro atoms. The number of piperidine rings is 1. The quantitative estimate of drug-likeness (QED) is 0.611. The summed E-state index contributed by atoms with van der Waals surface area (Å²) in [7, 11) is 0. The molecule has 176 valence electrons. The minimum Gasteiger partial charge on any atom is -0.381 e. The van der Waals surface area contributed by atoms with E-state index in [2.05, 4.69) is 0 Å². The van der Waals surface area contributed by atoms with Gasteiger partial charge in [-0.05, 0) is 50.6 Å². The summed E-state index contributed by atoms with van der Waals surface area (Å²) in [6.45, 7) is 7.22. The van der Waals surface area contributed by atoms with Crippen LogP contribution in [0.1, 0.15) is 39.0 Å². The number of nitriles is 1. The number of thiophene rings is 1. The zero-order valence-electron chi connectivity index (χ0n) is 18.6. The third kappa shape index (κ3) is 4.59. The second-order valence-corrected chi connectivity index (χ2v) is 10.1. The second kappa shape index (κ2) is 8.99. The molecular formula is C24H26F3N3O2S. The van der Waals surface area contributed by atoms with Crippen molar-refractivity contribution in [2.24, 2.45) is 11.3 Å². The average Bonchev–Trinajstić information content (AvgIpc) is 3.39. The Morgan fingerprint density at radius 3 is 2.73 bits per heavy atom. The Labute approximate surface area is 195 Å². The first kappa shape index (κ1) is 23.6. The summed E-state index contributed by atoms with van der Waals surface area (Å²) in [5.41, 5.74) is -1.05. The van der Waals surface area contributed by atoms with Gasteiger partial charge in [0.2, 0.25) is 0 Å². The van der Waals surface area contributed by atoms with Gasteiger partial charge in [0.15, 0.2) is 0 Å². The molecule has 1 aromatic heterocycles. The van der Waals surface area contributed by atoms with E-state index in [1.807, 2.05) is 35.8 Å². The summed E-state index contributed by atoms with van der Waals surface area (Å²) < 4.78 is 46.2. The van der Waals surface area contributed by atoms with Crippen molar-refractivity contribution >= 4 is 22.9 Å². The van der Waals surface area contributed by atoms with Crippen molar-refractivity contribution in [2.45, 2.75) is 26.4 Å². The van der Waals surface area contributed by atoms with Gasteiger partial charge in [0.1, 0.15) is 0 Å². The van der Waals surface area contributed by atoms with E-state index in [9.17, 15) is 18.0 Å². The predicted octanol–water partition coefficient (Wildman–Crippen LogP) is 4.95. The van der Waals surface area contributed by atoms with Crippen LogP contribution in [-0.2, 0) is 10.9 Å². The number of halogens is 3. The van der Waals surface area contributed by atoms with Crippen molar-refractivity contribution in [3.63, 3.8) is 0 Å². The number of amides is 1. The van der Waals surface area contributed by atoms with E-state index in [1.165, 1.54) is 17.4 Å². The smallest absolute Gasteiger partial charge is 0.381 e. The van der Waals surface area contributed by atoms with E-state index in [4.69, 9.17) is 10.00 Å². The number of ether oxygens (including phenoxy) is 1. The summed E-state index contributed by atoms with van der Waals surface area (Å²) in [6.07, 6.45) is -3.88. The Morgan fingerprint density at radius 2 is 2.09 bits per heavy atom. The summed E-state index contributed by atoms with van der Waals surface area (Å²) in [5.74, 6) is 0.0791. The van der Waals surface area contributed by atoms with Crippen molar-refractivity contribution in [1.29, 1.82) is 5.26 Å². The fourth-order valence-electron chi connectivity index (χ4n) is 4.98. The van der Waals surface area contributed by atoms with E-state index in [1.54, 1.807) is 12.1 Å². The third-order valence-corrected chi connectivity index (χ3v) is 7.75. The third-order valence-electron chi connectivity index (χ3n) is 6.76. The molecule has 9 heteroatoms. The van der Waals surface area contributed by atoms with E-state index in [-0.39, 0.29) is 22.8 Å². The number of aryl methyl sites for hydroxylation is 1. The Kier molecular flexibility index (Phi) is 6.43. The number of nitrogens with zero attached hydrogens (tertiary/aromatic N) is 3. The van der Waals surface area contributed by atoms with Crippen LogP contribution in [0.25, 0.3) is 0 Å². The Balaban J connectivity index is 1.58. The first-order chi connectivity index (χ1) is 15.7. The summed E-state index contributed by atoms with van der Waals surface area (Å²) >= 11 is 1.47. The Bertz CT molecular complexity index is 1080. The largest absolute Gasteiger partial charge is 0.417 e. The molecule has 33 heavy (non-hydrogen) atoms. The summed E-state index contributed by atoms with van der Waals surface area (Å²) in [5, 5.41) is 9.08. The molecule has 0 N–H and O–H groups in total. The SMILES string of the molecule is CCOC[C@@]12CCN(c3ccc(C#N)c(C(F)(F)F)c3)C[C@@H]1CN(C(=O)c1ccc(C)s1)C2. The lowest BCUT2D eigenvalue weighted by atomic mass is 9.73. The van der Waals surface area contributed by atoms with Crippen molar-refractivity contribution < 1.29 is 22.7 Å². The number of fused-ring (bicyclic) bond motifs is 1. The highest BCUT2D eigenvalue weighted by atomic mass is 32.1. The zero-order valence-corrected chi connectivity index (χ0v) is 19.4. The fraction of sp³-hybridized carbons (Fsp3) is 0.500. The van der Waals surface area contributed by atoms with Crippen molar-refractivity contribution in [3.8, 4) is 6.07 Å². The minimum absolute atomic E-state index is 0.00246. The molecule has 3 heterocycles. The highest BCUT2D eigenvalue weighted by Gasteiger charge is 2.51. The molecule has 0 unspecified atom stereocenters. The molecule has 0 aliphatic carbocycles.